The van der Waals surface area contributed by atoms with Crippen molar-refractivity contribution in [1.82, 2.24) is 10.2 Å². The fourth-order valence-electron chi connectivity index (χ4n) is 7.41. The summed E-state index contributed by atoms with van der Waals surface area (Å²) in [6, 6.07) is 16.2. The van der Waals surface area contributed by atoms with Crippen LogP contribution in [0.2, 0.25) is 0 Å². The van der Waals surface area contributed by atoms with E-state index in [0.29, 0.717) is 23.4 Å². The zero-order chi connectivity index (χ0) is 27.8. The van der Waals surface area contributed by atoms with Gasteiger partial charge in [0.05, 0.1) is 18.8 Å². The number of ether oxygens (including phenoxy) is 2. The largest absolute Gasteiger partial charge is 0.392 e. The average molecular weight is 536 g/mol. The van der Waals surface area contributed by atoms with Gasteiger partial charge in [-0.05, 0) is 60.3 Å². The van der Waals surface area contributed by atoms with Crippen LogP contribution in [0, 0.1) is 16.7 Å². The van der Waals surface area contributed by atoms with Gasteiger partial charge in [-0.2, -0.15) is 0 Å². The first kappa shape index (κ1) is 28.1. The minimum atomic E-state index is -0.513. The minimum Gasteiger partial charge on any atom is -0.392 e. The van der Waals surface area contributed by atoms with Crippen LogP contribution in [-0.4, -0.2) is 47.8 Å². The number of aliphatic hydroxyl groups excluding tert-OH is 1. The van der Waals surface area contributed by atoms with Crippen LogP contribution < -0.4 is 10.6 Å². The number of hydrogen-bond donors (Lipinski definition) is 3. The van der Waals surface area contributed by atoms with Gasteiger partial charge in [-0.1, -0.05) is 64.1 Å². The maximum Gasteiger partial charge on any atom is 0.319 e. The van der Waals surface area contributed by atoms with E-state index in [0.717, 1.165) is 35.5 Å². The number of urea groups is 1. The van der Waals surface area contributed by atoms with E-state index in [1.165, 1.54) is 19.3 Å². The molecule has 2 amide bonds. The van der Waals surface area contributed by atoms with Gasteiger partial charge in [0.2, 0.25) is 0 Å². The Morgan fingerprint density at radius 2 is 1.72 bits per heavy atom. The lowest BCUT2D eigenvalue weighted by Gasteiger charge is -2.43. The van der Waals surface area contributed by atoms with Crippen molar-refractivity contribution in [3.63, 3.8) is 0 Å². The highest BCUT2D eigenvalue weighted by Crippen LogP contribution is 2.53. The van der Waals surface area contributed by atoms with E-state index in [-0.39, 0.29) is 30.8 Å². The van der Waals surface area contributed by atoms with Gasteiger partial charge in [0.15, 0.2) is 6.29 Å². The zero-order valence-electron chi connectivity index (χ0n) is 24.1. The Morgan fingerprint density at radius 3 is 2.38 bits per heavy atom. The van der Waals surface area contributed by atoms with Gasteiger partial charge < -0.3 is 25.2 Å². The van der Waals surface area contributed by atoms with Crippen molar-refractivity contribution < 1.29 is 19.4 Å². The van der Waals surface area contributed by atoms with Gasteiger partial charge in [0.25, 0.3) is 0 Å². The summed E-state index contributed by atoms with van der Waals surface area (Å²) in [4.78, 5) is 14.6. The molecule has 0 aromatic heterocycles. The van der Waals surface area contributed by atoms with Crippen molar-refractivity contribution in [2.24, 2.45) is 16.7 Å². The zero-order valence-corrected chi connectivity index (χ0v) is 24.1. The standard InChI is InChI=1S/C32H45N3O4/c1-6-33-30(37)34-25-13-11-24(12-14-25)29-38-27(17-35-20-32(5)16-26(35)15-31(3,4)19-32)21(2)28(39-29)23-9-7-22(18-36)8-10-23/h7-14,21,26-29,36H,6,15-20H2,1-5H3,(H2,33,34,37). The molecule has 2 bridgehead atoms. The highest BCUT2D eigenvalue weighted by atomic mass is 16.7. The summed E-state index contributed by atoms with van der Waals surface area (Å²) in [6.07, 6.45) is 3.13. The highest BCUT2D eigenvalue weighted by Gasteiger charge is 2.51. The van der Waals surface area contributed by atoms with Gasteiger partial charge >= 0.3 is 6.03 Å². The lowest BCUT2D eigenvalue weighted by molar-refractivity contribution is -0.276. The maximum absolute atomic E-state index is 11.9. The Kier molecular flexibility index (Phi) is 8.07. The number of carbonyl (C=O) groups excluding carboxylic acids is 1. The molecule has 2 saturated heterocycles. The van der Waals surface area contributed by atoms with Crippen LogP contribution >= 0.6 is 0 Å². The van der Waals surface area contributed by atoms with Crippen molar-refractivity contribution in [2.45, 2.75) is 85.0 Å². The average Bonchev–Trinajstić information content (AvgIpc) is 3.13. The van der Waals surface area contributed by atoms with E-state index in [9.17, 15) is 9.90 Å². The van der Waals surface area contributed by atoms with Gasteiger partial charge in [-0.15, -0.1) is 0 Å². The van der Waals surface area contributed by atoms with E-state index in [4.69, 9.17) is 9.47 Å². The van der Waals surface area contributed by atoms with Crippen LogP contribution in [0.25, 0.3) is 0 Å². The summed E-state index contributed by atoms with van der Waals surface area (Å²) in [5, 5.41) is 15.1. The number of carbonyl (C=O) groups is 1. The van der Waals surface area contributed by atoms with Crippen LogP contribution in [0.15, 0.2) is 48.5 Å². The molecular weight excluding hydrogens is 490 g/mol. The number of benzene rings is 2. The molecule has 0 radical (unpaired) electrons. The van der Waals surface area contributed by atoms with Crippen molar-refractivity contribution in [3.05, 3.63) is 65.2 Å². The number of fused-ring (bicyclic) bond motifs is 2. The number of nitrogens with one attached hydrogen (secondary N) is 2. The molecule has 3 N–H and O–H groups in total. The highest BCUT2D eigenvalue weighted by molar-refractivity contribution is 5.89. The van der Waals surface area contributed by atoms with Crippen LogP contribution in [0.1, 0.15) is 83.0 Å². The fourth-order valence-corrected chi connectivity index (χ4v) is 7.41. The number of amides is 2. The fraction of sp³-hybridized carbons (Fsp3) is 0.594. The van der Waals surface area contributed by atoms with Crippen LogP contribution in [-0.2, 0) is 16.1 Å². The van der Waals surface area contributed by atoms with E-state index >= 15 is 0 Å². The molecule has 3 fully saturated rings. The molecule has 212 valence electrons. The van der Waals surface area contributed by atoms with Crippen molar-refractivity contribution >= 4 is 11.7 Å². The molecule has 0 spiro atoms. The van der Waals surface area contributed by atoms with E-state index in [1.54, 1.807) is 0 Å². The molecular formula is C32H45N3O4. The third-order valence-electron chi connectivity index (χ3n) is 8.84. The molecule has 6 atom stereocenters. The van der Waals surface area contributed by atoms with Crippen LogP contribution in [0.3, 0.4) is 0 Å². The number of rotatable bonds is 7. The Balaban J connectivity index is 1.38. The summed E-state index contributed by atoms with van der Waals surface area (Å²) in [6.45, 7) is 14.0. The first-order chi connectivity index (χ1) is 18.6. The Hall–Kier alpha value is -2.45. The predicted molar refractivity (Wildman–Crippen MR) is 153 cm³/mol. The Labute approximate surface area is 233 Å². The van der Waals surface area contributed by atoms with Gasteiger partial charge in [-0.25, -0.2) is 4.79 Å². The molecule has 39 heavy (non-hydrogen) atoms. The molecule has 1 saturated carbocycles. The molecule has 6 unspecified atom stereocenters. The topological polar surface area (TPSA) is 83.1 Å². The predicted octanol–water partition coefficient (Wildman–Crippen LogP) is 6.01. The van der Waals surface area contributed by atoms with Crippen molar-refractivity contribution in [1.29, 1.82) is 0 Å². The molecule has 5 rings (SSSR count). The molecule has 7 nitrogen and oxygen atoms in total. The molecule has 1 aliphatic carbocycles. The smallest absolute Gasteiger partial charge is 0.319 e. The van der Waals surface area contributed by atoms with E-state index < -0.39 is 6.29 Å². The number of hydrogen-bond acceptors (Lipinski definition) is 5. The number of likely N-dealkylation sites (tertiary alicyclic amines) is 1. The summed E-state index contributed by atoms with van der Waals surface area (Å²) in [5.41, 5.74) is 4.38. The number of aliphatic hydroxyl groups is 1. The molecule has 3 aliphatic rings. The molecule has 2 heterocycles. The lowest BCUT2D eigenvalue weighted by Crippen LogP contribution is -2.46. The van der Waals surface area contributed by atoms with E-state index in [1.807, 2.05) is 43.3 Å². The monoisotopic (exact) mass is 535 g/mol. The SMILES string of the molecule is CCNC(=O)Nc1ccc(C2OC(CN3CC4(C)CC3CC(C)(C)C4)C(C)C(c3ccc(CO)cc3)O2)cc1. The molecule has 2 aromatic rings. The minimum absolute atomic E-state index is 0.00506. The molecule has 2 aromatic carbocycles. The summed E-state index contributed by atoms with van der Waals surface area (Å²) in [7, 11) is 0. The first-order valence-electron chi connectivity index (χ1n) is 14.5. The van der Waals surface area contributed by atoms with Gasteiger partial charge in [0, 0.05) is 42.8 Å². The maximum atomic E-state index is 11.9. The second-order valence-corrected chi connectivity index (χ2v) is 13.1. The quantitative estimate of drug-likeness (QED) is 0.404. The second-order valence-electron chi connectivity index (χ2n) is 13.1. The molecule has 2 aliphatic heterocycles. The Bertz CT molecular complexity index is 1140. The Morgan fingerprint density at radius 1 is 1.03 bits per heavy atom. The summed E-state index contributed by atoms with van der Waals surface area (Å²) in [5.74, 6) is 0.154. The second kappa shape index (κ2) is 11.2. The third-order valence-corrected chi connectivity index (χ3v) is 8.84. The van der Waals surface area contributed by atoms with E-state index in [2.05, 4.69) is 55.4 Å². The van der Waals surface area contributed by atoms with Gasteiger partial charge in [0.1, 0.15) is 0 Å². The number of nitrogens with zero attached hydrogens (tertiary/aromatic N) is 1. The first-order valence-corrected chi connectivity index (χ1v) is 14.5. The van der Waals surface area contributed by atoms with Gasteiger partial charge in [-0.3, -0.25) is 4.90 Å². The van der Waals surface area contributed by atoms with Crippen LogP contribution in [0.4, 0.5) is 10.5 Å². The van der Waals surface area contributed by atoms with Crippen LogP contribution in [0.5, 0.6) is 0 Å². The summed E-state index contributed by atoms with van der Waals surface area (Å²) < 4.78 is 13.4. The lowest BCUT2D eigenvalue weighted by atomic mass is 9.65. The number of anilines is 1. The summed E-state index contributed by atoms with van der Waals surface area (Å²) >= 11 is 0. The van der Waals surface area contributed by atoms with Crippen molar-refractivity contribution in [2.75, 3.05) is 25.0 Å². The third kappa shape index (κ3) is 6.32. The molecule has 7 heteroatoms. The van der Waals surface area contributed by atoms with Crippen molar-refractivity contribution in [3.8, 4) is 0 Å². The normalized spacial score (nSPS) is 32.1.